The Morgan fingerprint density at radius 1 is 1.04 bits per heavy atom. The quantitative estimate of drug-likeness (QED) is 0.710. The molecule has 7 heteroatoms. The zero-order chi connectivity index (χ0) is 16.7. The highest BCUT2D eigenvalue weighted by atomic mass is 16.4. The number of carboxylic acid groups (broad SMARTS) is 1. The number of carbonyl (C=O) groups is 3. The predicted molar refractivity (Wildman–Crippen MR) is 85.0 cm³/mol. The maximum atomic E-state index is 12.0. The molecule has 1 saturated carbocycles. The van der Waals surface area contributed by atoms with Crippen LogP contribution in [0, 0.1) is 5.92 Å². The lowest BCUT2D eigenvalue weighted by Crippen LogP contribution is -2.47. The molecule has 1 heterocycles. The van der Waals surface area contributed by atoms with Crippen molar-refractivity contribution < 1.29 is 19.5 Å². The maximum absolute atomic E-state index is 12.0. The standard InChI is InChI=1S/C16H27N3O4/c20-14(18-13-6-2-1-3-7-13)8-9-17-16(23)19-10-4-5-12(11-19)15(21)22/h12-13H,1-11H2,(H,17,23)(H,18,20)(H,21,22). The van der Waals surface area contributed by atoms with E-state index >= 15 is 0 Å². The minimum absolute atomic E-state index is 0.0285. The summed E-state index contributed by atoms with van der Waals surface area (Å²) in [5.41, 5.74) is 0. The first-order valence-corrected chi connectivity index (χ1v) is 8.61. The van der Waals surface area contributed by atoms with Gasteiger partial charge in [0.1, 0.15) is 0 Å². The molecule has 1 atom stereocenters. The van der Waals surface area contributed by atoms with Crippen LogP contribution in [0.15, 0.2) is 0 Å². The molecule has 7 nitrogen and oxygen atoms in total. The maximum Gasteiger partial charge on any atom is 0.317 e. The molecule has 0 bridgehead atoms. The minimum atomic E-state index is -0.852. The van der Waals surface area contributed by atoms with Gasteiger partial charge < -0.3 is 20.6 Å². The van der Waals surface area contributed by atoms with E-state index in [1.807, 2.05) is 0 Å². The van der Waals surface area contributed by atoms with E-state index in [-0.39, 0.29) is 37.5 Å². The second-order valence-corrected chi connectivity index (χ2v) is 6.51. The van der Waals surface area contributed by atoms with Gasteiger partial charge in [0.15, 0.2) is 0 Å². The lowest BCUT2D eigenvalue weighted by atomic mass is 9.95. The first-order chi connectivity index (χ1) is 11.1. The van der Waals surface area contributed by atoms with Crippen LogP contribution < -0.4 is 10.6 Å². The number of hydrogen-bond donors (Lipinski definition) is 3. The van der Waals surface area contributed by atoms with Crippen molar-refractivity contribution in [2.24, 2.45) is 5.92 Å². The molecule has 0 aromatic rings. The molecule has 0 spiro atoms. The molecule has 1 unspecified atom stereocenters. The number of aliphatic carboxylic acids is 1. The van der Waals surface area contributed by atoms with Crippen molar-refractivity contribution >= 4 is 17.9 Å². The van der Waals surface area contributed by atoms with Gasteiger partial charge in [-0.3, -0.25) is 9.59 Å². The van der Waals surface area contributed by atoms with E-state index in [1.165, 1.54) is 24.2 Å². The van der Waals surface area contributed by atoms with E-state index in [0.717, 1.165) is 12.8 Å². The summed E-state index contributed by atoms with van der Waals surface area (Å²) in [6.07, 6.45) is 7.25. The minimum Gasteiger partial charge on any atom is -0.481 e. The summed E-state index contributed by atoms with van der Waals surface area (Å²) < 4.78 is 0. The predicted octanol–water partition coefficient (Wildman–Crippen LogP) is 1.33. The smallest absolute Gasteiger partial charge is 0.317 e. The van der Waals surface area contributed by atoms with Gasteiger partial charge in [-0.1, -0.05) is 19.3 Å². The van der Waals surface area contributed by atoms with Gasteiger partial charge in [0.2, 0.25) is 5.91 Å². The fourth-order valence-corrected chi connectivity index (χ4v) is 3.30. The molecule has 2 fully saturated rings. The summed E-state index contributed by atoms with van der Waals surface area (Å²) in [4.78, 5) is 36.4. The first-order valence-electron chi connectivity index (χ1n) is 8.61. The summed E-state index contributed by atoms with van der Waals surface area (Å²) in [5.74, 6) is -1.36. The number of nitrogens with one attached hydrogen (secondary N) is 2. The largest absolute Gasteiger partial charge is 0.481 e. The lowest BCUT2D eigenvalue weighted by molar-refractivity contribution is -0.143. The zero-order valence-electron chi connectivity index (χ0n) is 13.6. The number of rotatable bonds is 5. The van der Waals surface area contributed by atoms with Crippen LogP contribution in [0.5, 0.6) is 0 Å². The lowest BCUT2D eigenvalue weighted by Gasteiger charge is -2.30. The van der Waals surface area contributed by atoms with E-state index in [9.17, 15) is 14.4 Å². The molecule has 23 heavy (non-hydrogen) atoms. The van der Waals surface area contributed by atoms with Crippen molar-refractivity contribution in [3.63, 3.8) is 0 Å². The van der Waals surface area contributed by atoms with Crippen LogP contribution in [0.3, 0.4) is 0 Å². The number of hydrogen-bond acceptors (Lipinski definition) is 3. The molecule has 0 aromatic heterocycles. The van der Waals surface area contributed by atoms with Gasteiger partial charge in [0.05, 0.1) is 5.92 Å². The van der Waals surface area contributed by atoms with Gasteiger partial charge in [0, 0.05) is 32.1 Å². The Morgan fingerprint density at radius 2 is 1.78 bits per heavy atom. The van der Waals surface area contributed by atoms with E-state index in [2.05, 4.69) is 10.6 Å². The number of amides is 3. The Balaban J connectivity index is 1.63. The molecular formula is C16H27N3O4. The van der Waals surface area contributed by atoms with Crippen LogP contribution in [-0.4, -0.2) is 53.6 Å². The van der Waals surface area contributed by atoms with Gasteiger partial charge in [-0.05, 0) is 25.7 Å². The summed E-state index contributed by atoms with van der Waals surface area (Å²) in [7, 11) is 0. The number of likely N-dealkylation sites (tertiary alicyclic amines) is 1. The Hall–Kier alpha value is -1.79. The van der Waals surface area contributed by atoms with E-state index < -0.39 is 11.9 Å². The zero-order valence-corrected chi connectivity index (χ0v) is 13.6. The molecule has 3 amide bonds. The van der Waals surface area contributed by atoms with Crippen LogP contribution in [-0.2, 0) is 9.59 Å². The Labute approximate surface area is 136 Å². The molecule has 2 aliphatic rings. The van der Waals surface area contributed by atoms with E-state index in [1.54, 1.807) is 0 Å². The molecule has 1 aliphatic carbocycles. The van der Waals surface area contributed by atoms with Crippen LogP contribution in [0.1, 0.15) is 51.4 Å². The highest BCUT2D eigenvalue weighted by Crippen LogP contribution is 2.17. The van der Waals surface area contributed by atoms with Gasteiger partial charge in [-0.2, -0.15) is 0 Å². The number of nitrogens with zero attached hydrogens (tertiary/aromatic N) is 1. The first kappa shape index (κ1) is 17.6. The highest BCUT2D eigenvalue weighted by Gasteiger charge is 2.28. The number of piperidine rings is 1. The second-order valence-electron chi connectivity index (χ2n) is 6.51. The van der Waals surface area contributed by atoms with E-state index in [0.29, 0.717) is 19.4 Å². The Kier molecular flexibility index (Phi) is 6.67. The molecule has 130 valence electrons. The molecule has 0 radical (unpaired) electrons. The van der Waals surface area contributed by atoms with Crippen molar-refractivity contribution in [1.82, 2.24) is 15.5 Å². The van der Waals surface area contributed by atoms with Gasteiger partial charge in [-0.15, -0.1) is 0 Å². The summed E-state index contributed by atoms with van der Waals surface area (Å²) >= 11 is 0. The number of carbonyl (C=O) groups excluding carboxylic acids is 2. The Morgan fingerprint density at radius 3 is 2.48 bits per heavy atom. The Bertz CT molecular complexity index is 435. The van der Waals surface area contributed by atoms with Crippen LogP contribution in [0.25, 0.3) is 0 Å². The highest BCUT2D eigenvalue weighted by molar-refractivity contribution is 5.79. The fraction of sp³-hybridized carbons (Fsp3) is 0.812. The second kappa shape index (κ2) is 8.74. The summed E-state index contributed by atoms with van der Waals surface area (Å²) in [6, 6.07) is 0.00628. The fourth-order valence-electron chi connectivity index (χ4n) is 3.30. The number of carboxylic acids is 1. The van der Waals surface area contributed by atoms with Crippen molar-refractivity contribution in [3.8, 4) is 0 Å². The average molecular weight is 325 g/mol. The summed E-state index contributed by atoms with van der Waals surface area (Å²) in [6.45, 7) is 1.10. The van der Waals surface area contributed by atoms with Crippen LogP contribution in [0.2, 0.25) is 0 Å². The third kappa shape index (κ3) is 5.73. The normalized spacial score (nSPS) is 22.4. The van der Waals surface area contributed by atoms with Gasteiger partial charge in [-0.25, -0.2) is 4.79 Å². The number of urea groups is 1. The van der Waals surface area contributed by atoms with Crippen LogP contribution in [0.4, 0.5) is 4.79 Å². The topological polar surface area (TPSA) is 98.7 Å². The molecule has 2 rings (SSSR count). The third-order valence-electron chi connectivity index (χ3n) is 4.66. The summed E-state index contributed by atoms with van der Waals surface area (Å²) in [5, 5.41) is 14.8. The van der Waals surface area contributed by atoms with Crippen molar-refractivity contribution in [2.45, 2.75) is 57.4 Å². The van der Waals surface area contributed by atoms with Crippen molar-refractivity contribution in [2.75, 3.05) is 19.6 Å². The monoisotopic (exact) mass is 325 g/mol. The molecule has 1 saturated heterocycles. The molecule has 1 aliphatic heterocycles. The van der Waals surface area contributed by atoms with E-state index in [4.69, 9.17) is 5.11 Å². The molecular weight excluding hydrogens is 298 g/mol. The third-order valence-corrected chi connectivity index (χ3v) is 4.66. The SMILES string of the molecule is O=C(CCNC(=O)N1CCCC(C(=O)O)C1)NC1CCCCC1. The van der Waals surface area contributed by atoms with Gasteiger partial charge >= 0.3 is 12.0 Å². The van der Waals surface area contributed by atoms with Crippen molar-refractivity contribution in [3.05, 3.63) is 0 Å². The average Bonchev–Trinajstić information content (AvgIpc) is 2.55. The molecule has 3 N–H and O–H groups in total. The van der Waals surface area contributed by atoms with Crippen LogP contribution >= 0.6 is 0 Å². The van der Waals surface area contributed by atoms with Crippen molar-refractivity contribution in [1.29, 1.82) is 0 Å². The van der Waals surface area contributed by atoms with Gasteiger partial charge in [0.25, 0.3) is 0 Å². The molecule has 0 aromatic carbocycles.